The summed E-state index contributed by atoms with van der Waals surface area (Å²) in [6.07, 6.45) is 10.1. The molecule has 15 heavy (non-hydrogen) atoms. The van der Waals surface area contributed by atoms with Crippen molar-refractivity contribution in [2.75, 3.05) is 0 Å². The van der Waals surface area contributed by atoms with Crippen molar-refractivity contribution in [2.24, 2.45) is 23.7 Å². The molecule has 1 nitrogen and oxygen atoms in total. The van der Waals surface area contributed by atoms with E-state index in [1.54, 1.807) is 0 Å². The van der Waals surface area contributed by atoms with Gasteiger partial charge in [-0.1, -0.05) is 38.8 Å². The van der Waals surface area contributed by atoms with Gasteiger partial charge in [-0.25, -0.2) is 0 Å². The number of allylic oxidation sites excluding steroid dienone is 2. The van der Waals surface area contributed by atoms with Crippen LogP contribution < -0.4 is 0 Å². The zero-order chi connectivity index (χ0) is 10.8. The van der Waals surface area contributed by atoms with Crippen molar-refractivity contribution >= 4 is 5.78 Å². The zero-order valence-corrected chi connectivity index (χ0v) is 9.91. The van der Waals surface area contributed by atoms with Gasteiger partial charge in [0.1, 0.15) is 5.78 Å². The van der Waals surface area contributed by atoms with Crippen molar-refractivity contribution in [3.8, 4) is 0 Å². The summed E-state index contributed by atoms with van der Waals surface area (Å²) in [6.45, 7) is 4.39. The maximum absolute atomic E-state index is 12.1. The Bertz CT molecular complexity index is 263. The van der Waals surface area contributed by atoms with E-state index in [0.29, 0.717) is 23.5 Å². The molecule has 2 rings (SSSR count). The second kappa shape index (κ2) is 4.51. The Morgan fingerprint density at radius 1 is 1.27 bits per heavy atom. The van der Waals surface area contributed by atoms with Crippen LogP contribution in [0.5, 0.6) is 0 Å². The average molecular weight is 206 g/mol. The summed E-state index contributed by atoms with van der Waals surface area (Å²) >= 11 is 0. The molecule has 3 atom stereocenters. The largest absolute Gasteiger partial charge is 0.299 e. The first-order chi connectivity index (χ1) is 7.24. The van der Waals surface area contributed by atoms with Crippen LogP contribution in [0.4, 0.5) is 0 Å². The highest BCUT2D eigenvalue weighted by molar-refractivity contribution is 5.82. The van der Waals surface area contributed by atoms with E-state index in [2.05, 4.69) is 26.0 Å². The highest BCUT2D eigenvalue weighted by atomic mass is 16.1. The molecule has 2 bridgehead atoms. The van der Waals surface area contributed by atoms with E-state index in [1.165, 1.54) is 6.42 Å². The van der Waals surface area contributed by atoms with Crippen LogP contribution in [-0.2, 0) is 4.79 Å². The Kier molecular flexibility index (Phi) is 3.28. The van der Waals surface area contributed by atoms with Gasteiger partial charge >= 0.3 is 0 Å². The van der Waals surface area contributed by atoms with Gasteiger partial charge in [-0.15, -0.1) is 0 Å². The van der Waals surface area contributed by atoms with Gasteiger partial charge in [0, 0.05) is 12.3 Å². The predicted octanol–water partition coefficient (Wildman–Crippen LogP) is 3.59. The quantitative estimate of drug-likeness (QED) is 0.628. The minimum Gasteiger partial charge on any atom is -0.299 e. The minimum atomic E-state index is 0.376. The Hall–Kier alpha value is -0.590. The number of hydrogen-bond acceptors (Lipinski definition) is 1. The highest BCUT2D eigenvalue weighted by Crippen LogP contribution is 2.44. The summed E-state index contributed by atoms with van der Waals surface area (Å²) in [6, 6.07) is 0. The molecule has 0 aromatic carbocycles. The van der Waals surface area contributed by atoms with Gasteiger partial charge in [0.25, 0.3) is 0 Å². The fourth-order valence-electron chi connectivity index (χ4n) is 3.16. The van der Waals surface area contributed by atoms with Crippen LogP contribution in [0.25, 0.3) is 0 Å². The van der Waals surface area contributed by atoms with Crippen LogP contribution in [0.3, 0.4) is 0 Å². The smallest absolute Gasteiger partial charge is 0.136 e. The normalized spacial score (nSPS) is 32.9. The van der Waals surface area contributed by atoms with Crippen LogP contribution >= 0.6 is 0 Å². The van der Waals surface area contributed by atoms with Crippen molar-refractivity contribution < 1.29 is 4.79 Å². The molecule has 2 unspecified atom stereocenters. The van der Waals surface area contributed by atoms with Crippen molar-refractivity contribution in [1.82, 2.24) is 0 Å². The van der Waals surface area contributed by atoms with Gasteiger partial charge in [0.2, 0.25) is 0 Å². The number of ketones is 1. The Labute approximate surface area is 92.9 Å². The molecule has 0 N–H and O–H groups in total. The van der Waals surface area contributed by atoms with Crippen molar-refractivity contribution in [1.29, 1.82) is 0 Å². The second-order valence-corrected chi connectivity index (χ2v) is 5.24. The molecule has 0 saturated heterocycles. The molecule has 0 heterocycles. The van der Waals surface area contributed by atoms with Crippen LogP contribution in [0.1, 0.15) is 46.0 Å². The molecule has 1 heteroatoms. The number of carbonyl (C=O) groups is 1. The molecule has 1 fully saturated rings. The molecule has 84 valence electrons. The molecule has 2 aliphatic rings. The van der Waals surface area contributed by atoms with Crippen molar-refractivity contribution in [2.45, 2.75) is 46.0 Å². The lowest BCUT2D eigenvalue weighted by Crippen LogP contribution is -2.21. The first-order valence-electron chi connectivity index (χ1n) is 6.45. The van der Waals surface area contributed by atoms with Crippen molar-refractivity contribution in [3.05, 3.63) is 12.2 Å². The predicted molar refractivity (Wildman–Crippen MR) is 62.5 cm³/mol. The second-order valence-electron chi connectivity index (χ2n) is 5.24. The molecular weight excluding hydrogens is 184 g/mol. The molecule has 0 amide bonds. The molecule has 0 spiro atoms. The Balaban J connectivity index is 1.89. The summed E-state index contributed by atoms with van der Waals surface area (Å²) < 4.78 is 0. The maximum atomic E-state index is 12.1. The van der Waals surface area contributed by atoms with Crippen LogP contribution in [0.2, 0.25) is 0 Å². The third-order valence-electron chi connectivity index (χ3n) is 4.34. The fraction of sp³-hybridized carbons (Fsp3) is 0.786. The number of rotatable bonds is 5. The third-order valence-corrected chi connectivity index (χ3v) is 4.34. The summed E-state index contributed by atoms with van der Waals surface area (Å²) in [7, 11) is 0. The molecule has 1 saturated carbocycles. The standard InChI is InChI=1S/C14H22O/c1-3-10(4-2)9-14(15)13-8-11-5-6-12(13)7-11/h5-6,10-13H,3-4,7-9H2,1-2H3/t11?,12?,13-/m0/s1. The van der Waals surface area contributed by atoms with E-state index in [4.69, 9.17) is 0 Å². The van der Waals surface area contributed by atoms with Gasteiger partial charge in [0.05, 0.1) is 0 Å². The monoisotopic (exact) mass is 206 g/mol. The highest BCUT2D eigenvalue weighted by Gasteiger charge is 2.39. The SMILES string of the molecule is CCC(CC)CC(=O)[C@H]1CC2C=CC1C2. The minimum absolute atomic E-state index is 0.376. The summed E-state index contributed by atoms with van der Waals surface area (Å²) in [5.74, 6) is 2.87. The fourth-order valence-corrected chi connectivity index (χ4v) is 3.16. The molecule has 0 aliphatic heterocycles. The van der Waals surface area contributed by atoms with E-state index < -0.39 is 0 Å². The van der Waals surface area contributed by atoms with Crippen LogP contribution in [0, 0.1) is 23.7 Å². The van der Waals surface area contributed by atoms with Crippen LogP contribution in [0.15, 0.2) is 12.2 Å². The molecule has 0 radical (unpaired) electrons. The molecule has 0 aromatic heterocycles. The Morgan fingerprint density at radius 2 is 2.00 bits per heavy atom. The first-order valence-corrected chi connectivity index (χ1v) is 6.45. The zero-order valence-electron chi connectivity index (χ0n) is 9.91. The summed E-state index contributed by atoms with van der Waals surface area (Å²) in [4.78, 5) is 12.1. The van der Waals surface area contributed by atoms with E-state index >= 15 is 0 Å². The number of fused-ring (bicyclic) bond motifs is 2. The average Bonchev–Trinajstić information content (AvgIpc) is 2.87. The third kappa shape index (κ3) is 2.16. The lowest BCUT2D eigenvalue weighted by Gasteiger charge is -2.19. The molecule has 0 aromatic rings. The van der Waals surface area contributed by atoms with Gasteiger partial charge in [-0.05, 0) is 30.6 Å². The van der Waals surface area contributed by atoms with E-state index in [-0.39, 0.29) is 0 Å². The van der Waals surface area contributed by atoms with Gasteiger partial charge in [-0.2, -0.15) is 0 Å². The van der Waals surface area contributed by atoms with Gasteiger partial charge in [0.15, 0.2) is 0 Å². The van der Waals surface area contributed by atoms with Crippen LogP contribution in [-0.4, -0.2) is 5.78 Å². The Morgan fingerprint density at radius 3 is 2.47 bits per heavy atom. The summed E-state index contributed by atoms with van der Waals surface area (Å²) in [5.41, 5.74) is 0. The topological polar surface area (TPSA) is 17.1 Å². The first kappa shape index (κ1) is 10.9. The summed E-state index contributed by atoms with van der Waals surface area (Å²) in [5, 5.41) is 0. The molecular formula is C14H22O. The van der Waals surface area contributed by atoms with Gasteiger partial charge < -0.3 is 0 Å². The van der Waals surface area contributed by atoms with Crippen molar-refractivity contribution in [3.63, 3.8) is 0 Å². The van der Waals surface area contributed by atoms with E-state index in [0.717, 1.165) is 31.6 Å². The number of carbonyl (C=O) groups excluding carboxylic acids is 1. The van der Waals surface area contributed by atoms with Gasteiger partial charge in [-0.3, -0.25) is 4.79 Å². The van der Waals surface area contributed by atoms with E-state index in [1.807, 2.05) is 0 Å². The number of hydrogen-bond donors (Lipinski definition) is 0. The lowest BCUT2D eigenvalue weighted by molar-refractivity contribution is -0.124. The maximum Gasteiger partial charge on any atom is 0.136 e. The number of Topliss-reactive ketones (excluding diaryl/α,β-unsaturated/α-hetero) is 1. The van der Waals surface area contributed by atoms with E-state index in [9.17, 15) is 4.79 Å². The lowest BCUT2D eigenvalue weighted by atomic mass is 9.84. The molecule has 2 aliphatic carbocycles.